The number of carbonyl (C=O) groups excluding carboxylic acids is 2. The largest absolute Gasteiger partial charge is 0.490 e. The first-order valence-electron chi connectivity index (χ1n) is 8.56. The van der Waals surface area contributed by atoms with Gasteiger partial charge in [0.05, 0.1) is 22.0 Å². The number of nitrogens with one attached hydrogen (secondary N) is 2. The average Bonchev–Trinajstić information content (AvgIpc) is 3.05. The second-order valence-corrected chi connectivity index (χ2v) is 9.66. The molecule has 0 saturated carbocycles. The van der Waals surface area contributed by atoms with Crippen LogP contribution in [-0.4, -0.2) is 54.7 Å². The minimum Gasteiger partial charge on any atom is -0.449 e. The summed E-state index contributed by atoms with van der Waals surface area (Å²) in [5.74, 6) is -3.57. The first kappa shape index (κ1) is 26.1. The Hall–Kier alpha value is -2.16. The number of aromatic nitrogens is 2. The third-order valence-electron chi connectivity index (χ3n) is 3.52. The summed E-state index contributed by atoms with van der Waals surface area (Å²) in [6, 6.07) is 1.42. The maximum absolute atomic E-state index is 12.1. The molecule has 2 aromatic heterocycles. The van der Waals surface area contributed by atoms with E-state index in [1.54, 1.807) is 6.92 Å². The van der Waals surface area contributed by atoms with Crippen molar-refractivity contribution < 1.29 is 35.9 Å². The van der Waals surface area contributed by atoms with Gasteiger partial charge >= 0.3 is 12.1 Å². The van der Waals surface area contributed by atoms with E-state index in [-0.39, 0.29) is 34.0 Å². The molecule has 1 amide bonds. The van der Waals surface area contributed by atoms with Gasteiger partial charge in [0.15, 0.2) is 16.9 Å². The highest BCUT2D eigenvalue weighted by atomic mass is 35.5. The summed E-state index contributed by atoms with van der Waals surface area (Å²) < 4.78 is 66.7. The summed E-state index contributed by atoms with van der Waals surface area (Å²) in [7, 11) is -3.71. The van der Waals surface area contributed by atoms with Gasteiger partial charge in [-0.05, 0) is 19.4 Å². The number of rotatable bonds is 9. The maximum Gasteiger partial charge on any atom is 0.490 e. The van der Waals surface area contributed by atoms with E-state index in [9.17, 15) is 31.2 Å². The van der Waals surface area contributed by atoms with Crippen molar-refractivity contribution in [1.82, 2.24) is 9.97 Å². The van der Waals surface area contributed by atoms with Crippen LogP contribution < -0.4 is 10.0 Å². The van der Waals surface area contributed by atoms with Crippen LogP contribution in [0, 0.1) is 6.92 Å². The van der Waals surface area contributed by atoms with Crippen molar-refractivity contribution >= 4 is 67.3 Å². The first-order valence-corrected chi connectivity index (χ1v) is 11.9. The second kappa shape index (κ2) is 10.6. The highest BCUT2D eigenvalue weighted by Gasteiger charge is 2.41. The predicted octanol–water partition coefficient (Wildman–Crippen LogP) is 3.58. The van der Waals surface area contributed by atoms with E-state index in [1.165, 1.54) is 12.3 Å². The van der Waals surface area contributed by atoms with Crippen molar-refractivity contribution in [3.8, 4) is 10.4 Å². The predicted molar refractivity (Wildman–Crippen MR) is 113 cm³/mol. The van der Waals surface area contributed by atoms with E-state index in [2.05, 4.69) is 24.7 Å². The van der Waals surface area contributed by atoms with E-state index in [0.29, 0.717) is 16.1 Å². The van der Waals surface area contributed by atoms with E-state index < -0.39 is 34.7 Å². The molecule has 0 bridgehead atoms. The minimum absolute atomic E-state index is 0.0183. The Morgan fingerprint density at radius 1 is 1.31 bits per heavy atom. The smallest absolute Gasteiger partial charge is 0.449 e. The van der Waals surface area contributed by atoms with Gasteiger partial charge in [0.2, 0.25) is 10.0 Å². The lowest BCUT2D eigenvalue weighted by molar-refractivity contribution is -0.199. The number of anilines is 2. The zero-order valence-electron chi connectivity index (χ0n) is 16.1. The van der Waals surface area contributed by atoms with Gasteiger partial charge in [-0.15, -0.1) is 11.6 Å². The fourth-order valence-corrected chi connectivity index (χ4v) is 4.77. The number of esters is 1. The van der Waals surface area contributed by atoms with Gasteiger partial charge in [-0.3, -0.25) is 14.8 Å². The molecule has 0 aromatic carbocycles. The van der Waals surface area contributed by atoms with E-state index in [4.69, 9.17) is 23.2 Å². The third-order valence-corrected chi connectivity index (χ3v) is 6.57. The fraction of sp³-hybridized carbons (Fsp3) is 0.375. The SMILES string of the molecule is Cc1nc(NC(=O)COC(=O)C(F)(F)F)sc1-c1cnc(Cl)c(NS(=O)(=O)CCCCl)c1. The highest BCUT2D eigenvalue weighted by molar-refractivity contribution is 7.92. The van der Waals surface area contributed by atoms with E-state index >= 15 is 0 Å². The Labute approximate surface area is 194 Å². The Morgan fingerprint density at radius 2 is 2.00 bits per heavy atom. The number of halogens is 5. The lowest BCUT2D eigenvalue weighted by atomic mass is 10.2. The van der Waals surface area contributed by atoms with Crippen LogP contribution in [0.2, 0.25) is 5.15 Å². The first-order chi connectivity index (χ1) is 14.8. The number of thiazole rings is 1. The number of nitrogens with zero attached hydrogens (tertiary/aromatic N) is 2. The molecule has 0 radical (unpaired) electrons. The monoisotopic (exact) mass is 534 g/mol. The molecule has 0 unspecified atom stereocenters. The van der Waals surface area contributed by atoms with Crippen molar-refractivity contribution in [2.75, 3.05) is 28.3 Å². The summed E-state index contributed by atoms with van der Waals surface area (Å²) in [5.41, 5.74) is 0.859. The third kappa shape index (κ3) is 7.46. The minimum atomic E-state index is -5.21. The van der Waals surface area contributed by atoms with Crippen molar-refractivity contribution in [3.63, 3.8) is 0 Å². The molecule has 0 saturated heterocycles. The van der Waals surface area contributed by atoms with Gasteiger partial charge in [-0.25, -0.2) is 23.2 Å². The Balaban J connectivity index is 2.15. The van der Waals surface area contributed by atoms with Crippen molar-refractivity contribution in [2.24, 2.45) is 0 Å². The van der Waals surface area contributed by atoms with Crippen LogP contribution in [0.25, 0.3) is 10.4 Å². The normalized spacial score (nSPS) is 11.8. The topological polar surface area (TPSA) is 127 Å². The fourth-order valence-electron chi connectivity index (χ4n) is 2.19. The molecule has 2 aromatic rings. The zero-order chi connectivity index (χ0) is 24.1. The molecule has 176 valence electrons. The Morgan fingerprint density at radius 3 is 2.62 bits per heavy atom. The molecule has 9 nitrogen and oxygen atoms in total. The molecule has 16 heteroatoms. The van der Waals surface area contributed by atoms with Crippen LogP contribution in [0.15, 0.2) is 12.3 Å². The molecule has 0 fully saturated rings. The standard InChI is InChI=1S/C16H15Cl2F3N4O5S2/c1-8-12(31-15(23-8)24-11(26)7-30-14(27)16(19,20)21)9-5-10(13(18)22-6-9)25-32(28,29)4-2-3-17/h5-6,25H,2-4,7H2,1H3,(H,23,24,26). The molecule has 0 atom stereocenters. The van der Waals surface area contributed by atoms with E-state index in [0.717, 1.165) is 11.3 Å². The zero-order valence-corrected chi connectivity index (χ0v) is 19.3. The van der Waals surface area contributed by atoms with E-state index in [1.807, 2.05) is 0 Å². The van der Waals surface area contributed by atoms with Gasteiger partial charge in [0.1, 0.15) is 0 Å². The molecular weight excluding hydrogens is 520 g/mol. The molecule has 2 N–H and O–H groups in total. The number of amides is 1. The second-order valence-electron chi connectivity index (χ2n) is 6.08. The number of carbonyl (C=O) groups is 2. The molecule has 0 aliphatic rings. The summed E-state index contributed by atoms with van der Waals surface area (Å²) in [4.78, 5) is 30.9. The van der Waals surface area contributed by atoms with Gasteiger partial charge in [0, 0.05) is 17.6 Å². The van der Waals surface area contributed by atoms with Crippen molar-refractivity contribution in [2.45, 2.75) is 19.5 Å². The summed E-state index contributed by atoms with van der Waals surface area (Å²) in [6.07, 6.45) is -3.62. The number of pyridine rings is 1. The highest BCUT2D eigenvalue weighted by Crippen LogP contribution is 2.35. The molecule has 0 aliphatic carbocycles. The number of sulfonamides is 1. The number of hydrogen-bond donors (Lipinski definition) is 2. The van der Waals surface area contributed by atoms with Crippen LogP contribution in [0.5, 0.6) is 0 Å². The van der Waals surface area contributed by atoms with Gasteiger partial charge in [-0.1, -0.05) is 22.9 Å². The molecular formula is C16H15Cl2F3N4O5S2. The summed E-state index contributed by atoms with van der Waals surface area (Å²) in [6.45, 7) is 0.438. The van der Waals surface area contributed by atoms with Crippen LogP contribution in [-0.2, 0) is 24.3 Å². The molecule has 2 rings (SSSR count). The summed E-state index contributed by atoms with van der Waals surface area (Å²) >= 11 is 12.4. The number of alkyl halides is 4. The van der Waals surface area contributed by atoms with Crippen LogP contribution in [0.3, 0.4) is 0 Å². The van der Waals surface area contributed by atoms with Crippen LogP contribution >= 0.6 is 34.5 Å². The number of aryl methyl sites for hydroxylation is 1. The average molecular weight is 535 g/mol. The quantitative estimate of drug-likeness (QED) is 0.286. The van der Waals surface area contributed by atoms with Crippen molar-refractivity contribution in [3.05, 3.63) is 23.1 Å². The Bertz CT molecular complexity index is 1110. The van der Waals surface area contributed by atoms with Crippen molar-refractivity contribution in [1.29, 1.82) is 0 Å². The number of hydrogen-bond acceptors (Lipinski definition) is 8. The maximum atomic E-state index is 12.1. The van der Waals surface area contributed by atoms with Gasteiger partial charge in [-0.2, -0.15) is 13.2 Å². The molecule has 2 heterocycles. The van der Waals surface area contributed by atoms with Gasteiger partial charge in [0.25, 0.3) is 5.91 Å². The summed E-state index contributed by atoms with van der Waals surface area (Å²) in [5, 5.41) is 2.15. The number of ether oxygens (including phenoxy) is 1. The van der Waals surface area contributed by atoms with Gasteiger partial charge < -0.3 is 4.74 Å². The van der Waals surface area contributed by atoms with Crippen LogP contribution in [0.4, 0.5) is 24.0 Å². The Kier molecular flexibility index (Phi) is 8.67. The lowest BCUT2D eigenvalue weighted by Crippen LogP contribution is -2.29. The molecule has 0 spiro atoms. The molecule has 0 aliphatic heterocycles. The van der Waals surface area contributed by atoms with Crippen LogP contribution in [0.1, 0.15) is 12.1 Å². The lowest BCUT2D eigenvalue weighted by Gasteiger charge is -2.10. The molecule has 32 heavy (non-hydrogen) atoms.